The molecule has 82 valence electrons. The van der Waals surface area contributed by atoms with E-state index < -0.39 is 0 Å². The van der Waals surface area contributed by atoms with E-state index in [1.165, 1.54) is 12.3 Å². The summed E-state index contributed by atoms with van der Waals surface area (Å²) >= 11 is 0. The molecule has 1 aliphatic carbocycles. The number of hydrogen-bond acceptors (Lipinski definition) is 3. The van der Waals surface area contributed by atoms with Gasteiger partial charge in [0, 0.05) is 12.6 Å². The van der Waals surface area contributed by atoms with Gasteiger partial charge in [-0.1, -0.05) is 0 Å². The summed E-state index contributed by atoms with van der Waals surface area (Å²) in [6, 6.07) is 3.48. The largest absolute Gasteiger partial charge is 0.378 e. The molecule has 0 aliphatic heterocycles. The average Bonchev–Trinajstić information content (AvgIpc) is 2.18. The zero-order valence-corrected chi connectivity index (χ0v) is 8.74. The summed E-state index contributed by atoms with van der Waals surface area (Å²) in [5.74, 6) is 0.428. The molecule has 0 radical (unpaired) electrons. The van der Waals surface area contributed by atoms with E-state index in [2.05, 4.69) is 10.3 Å². The molecular formula is C11H15FN2O. The molecule has 4 heteroatoms. The number of anilines is 1. The molecule has 1 saturated carbocycles. The van der Waals surface area contributed by atoms with Crippen LogP contribution in [0.5, 0.6) is 0 Å². The van der Waals surface area contributed by atoms with Gasteiger partial charge in [-0.25, -0.2) is 9.37 Å². The highest BCUT2D eigenvalue weighted by molar-refractivity contribution is 5.35. The fourth-order valence-electron chi connectivity index (χ4n) is 1.73. The van der Waals surface area contributed by atoms with Crippen LogP contribution in [0.2, 0.25) is 0 Å². The van der Waals surface area contributed by atoms with Crippen LogP contribution >= 0.6 is 0 Å². The monoisotopic (exact) mass is 210 g/mol. The van der Waals surface area contributed by atoms with E-state index in [1.807, 2.05) is 6.92 Å². The van der Waals surface area contributed by atoms with Gasteiger partial charge in [0.25, 0.3) is 0 Å². The molecule has 0 unspecified atom stereocenters. The highest BCUT2D eigenvalue weighted by Crippen LogP contribution is 2.25. The van der Waals surface area contributed by atoms with Gasteiger partial charge in [0.2, 0.25) is 0 Å². The normalized spacial score (nSPS) is 24.7. The Balaban J connectivity index is 1.77. The summed E-state index contributed by atoms with van der Waals surface area (Å²) in [5, 5.41) is 3.24. The summed E-state index contributed by atoms with van der Waals surface area (Å²) < 4.78 is 18.0. The van der Waals surface area contributed by atoms with Gasteiger partial charge in [-0.15, -0.1) is 0 Å². The number of ether oxygens (including phenoxy) is 1. The maximum atomic E-state index is 12.6. The molecule has 3 nitrogen and oxygen atoms in total. The van der Waals surface area contributed by atoms with Crippen molar-refractivity contribution in [2.75, 3.05) is 11.9 Å². The third-order valence-corrected chi connectivity index (χ3v) is 2.58. The summed E-state index contributed by atoms with van der Waals surface area (Å²) in [6.45, 7) is 2.77. The number of nitrogens with one attached hydrogen (secondary N) is 1. The molecule has 0 atom stereocenters. The summed E-state index contributed by atoms with van der Waals surface area (Å²) in [7, 11) is 0. The number of aromatic nitrogens is 1. The first-order valence-corrected chi connectivity index (χ1v) is 5.27. The maximum Gasteiger partial charge on any atom is 0.141 e. The Morgan fingerprint density at radius 2 is 2.33 bits per heavy atom. The third-order valence-electron chi connectivity index (χ3n) is 2.58. The first kappa shape index (κ1) is 10.4. The topological polar surface area (TPSA) is 34.1 Å². The van der Waals surface area contributed by atoms with Gasteiger partial charge in [0.05, 0.1) is 12.3 Å². The highest BCUT2D eigenvalue weighted by Gasteiger charge is 2.29. The van der Waals surface area contributed by atoms with E-state index in [0.717, 1.165) is 25.3 Å². The van der Waals surface area contributed by atoms with Crippen molar-refractivity contribution in [1.29, 1.82) is 0 Å². The highest BCUT2D eigenvalue weighted by atomic mass is 19.1. The minimum Gasteiger partial charge on any atom is -0.378 e. The smallest absolute Gasteiger partial charge is 0.141 e. The molecule has 0 spiro atoms. The van der Waals surface area contributed by atoms with Gasteiger partial charge in [-0.2, -0.15) is 0 Å². The van der Waals surface area contributed by atoms with Crippen molar-refractivity contribution >= 4 is 5.82 Å². The zero-order valence-electron chi connectivity index (χ0n) is 8.74. The second kappa shape index (κ2) is 4.57. The van der Waals surface area contributed by atoms with E-state index >= 15 is 0 Å². The molecule has 1 aliphatic rings. The second-order valence-corrected chi connectivity index (χ2v) is 3.75. The van der Waals surface area contributed by atoms with Gasteiger partial charge in [0.1, 0.15) is 11.6 Å². The molecule has 0 amide bonds. The van der Waals surface area contributed by atoms with Crippen LogP contribution in [0.15, 0.2) is 18.3 Å². The molecular weight excluding hydrogens is 195 g/mol. The second-order valence-electron chi connectivity index (χ2n) is 3.75. The van der Waals surface area contributed by atoms with Crippen LogP contribution in [0.25, 0.3) is 0 Å². The van der Waals surface area contributed by atoms with Gasteiger partial charge < -0.3 is 10.1 Å². The van der Waals surface area contributed by atoms with E-state index in [1.54, 1.807) is 6.07 Å². The van der Waals surface area contributed by atoms with E-state index in [9.17, 15) is 4.39 Å². The Kier molecular flexibility index (Phi) is 3.16. The lowest BCUT2D eigenvalue weighted by atomic mass is 9.89. The van der Waals surface area contributed by atoms with E-state index in [4.69, 9.17) is 4.74 Å². The van der Waals surface area contributed by atoms with Crippen LogP contribution in [-0.4, -0.2) is 23.7 Å². The lowest BCUT2D eigenvalue weighted by molar-refractivity contribution is 0.00292. The first-order valence-electron chi connectivity index (χ1n) is 5.27. The SMILES string of the molecule is CCOC1CC(Nc2ccc(F)cn2)C1. The van der Waals surface area contributed by atoms with Gasteiger partial charge in [-0.05, 0) is 31.9 Å². The maximum absolute atomic E-state index is 12.6. The van der Waals surface area contributed by atoms with Crippen molar-refractivity contribution in [2.45, 2.75) is 31.9 Å². The van der Waals surface area contributed by atoms with E-state index in [-0.39, 0.29) is 5.82 Å². The molecule has 1 N–H and O–H groups in total. The summed E-state index contributed by atoms with van der Waals surface area (Å²) in [5.41, 5.74) is 0. The number of pyridine rings is 1. The van der Waals surface area contributed by atoms with Crippen LogP contribution in [0.1, 0.15) is 19.8 Å². The predicted molar refractivity (Wildman–Crippen MR) is 56.3 cm³/mol. The van der Waals surface area contributed by atoms with E-state index in [0.29, 0.717) is 12.1 Å². The molecule has 0 saturated heterocycles. The third kappa shape index (κ3) is 2.65. The Hall–Kier alpha value is -1.16. The number of nitrogens with zero attached hydrogens (tertiary/aromatic N) is 1. The minimum atomic E-state index is -0.304. The molecule has 0 bridgehead atoms. The minimum absolute atomic E-state index is 0.304. The fourth-order valence-corrected chi connectivity index (χ4v) is 1.73. The average molecular weight is 210 g/mol. The van der Waals surface area contributed by atoms with Crippen LogP contribution < -0.4 is 5.32 Å². The Morgan fingerprint density at radius 1 is 1.53 bits per heavy atom. The van der Waals surface area contributed by atoms with Gasteiger partial charge >= 0.3 is 0 Å². The zero-order chi connectivity index (χ0) is 10.7. The molecule has 0 aromatic carbocycles. The standard InChI is InChI=1S/C11H15FN2O/c1-2-15-10-5-9(6-10)14-11-4-3-8(12)7-13-11/h3-4,7,9-10H,2,5-6H2,1H3,(H,13,14). The molecule has 1 heterocycles. The van der Waals surface area contributed by atoms with Crippen molar-refractivity contribution in [2.24, 2.45) is 0 Å². The summed E-state index contributed by atoms with van der Waals surface area (Å²) in [4.78, 5) is 3.94. The van der Waals surface area contributed by atoms with Crippen LogP contribution in [0.4, 0.5) is 10.2 Å². The number of hydrogen-bond donors (Lipinski definition) is 1. The molecule has 1 aromatic heterocycles. The van der Waals surface area contributed by atoms with Crippen molar-refractivity contribution < 1.29 is 9.13 Å². The van der Waals surface area contributed by atoms with Gasteiger partial charge in [0.15, 0.2) is 0 Å². The Morgan fingerprint density at radius 3 is 2.93 bits per heavy atom. The Labute approximate surface area is 88.7 Å². The van der Waals surface area contributed by atoms with Crippen LogP contribution in [-0.2, 0) is 4.74 Å². The molecule has 2 rings (SSSR count). The lowest BCUT2D eigenvalue weighted by Gasteiger charge is -2.35. The molecule has 1 fully saturated rings. The quantitative estimate of drug-likeness (QED) is 0.827. The lowest BCUT2D eigenvalue weighted by Crippen LogP contribution is -2.40. The first-order chi connectivity index (χ1) is 7.28. The summed E-state index contributed by atoms with van der Waals surface area (Å²) in [6.07, 6.45) is 3.62. The molecule has 1 aromatic rings. The molecule has 15 heavy (non-hydrogen) atoms. The number of halogens is 1. The van der Waals surface area contributed by atoms with Crippen molar-refractivity contribution in [3.8, 4) is 0 Å². The van der Waals surface area contributed by atoms with Gasteiger partial charge in [-0.3, -0.25) is 0 Å². The van der Waals surface area contributed by atoms with Crippen molar-refractivity contribution in [3.05, 3.63) is 24.1 Å². The Bertz CT molecular complexity index is 309. The van der Waals surface area contributed by atoms with Crippen LogP contribution in [0.3, 0.4) is 0 Å². The van der Waals surface area contributed by atoms with Crippen LogP contribution in [0, 0.1) is 5.82 Å². The predicted octanol–water partition coefficient (Wildman–Crippen LogP) is 2.20. The number of rotatable bonds is 4. The fraction of sp³-hybridized carbons (Fsp3) is 0.545. The van der Waals surface area contributed by atoms with Crippen molar-refractivity contribution in [1.82, 2.24) is 4.98 Å². The van der Waals surface area contributed by atoms with Crippen molar-refractivity contribution in [3.63, 3.8) is 0 Å².